The Labute approximate surface area is 89.8 Å². The quantitative estimate of drug-likeness (QED) is 0.759. The van der Waals surface area contributed by atoms with E-state index in [0.29, 0.717) is 12.0 Å². The van der Waals surface area contributed by atoms with Crippen molar-refractivity contribution in [1.82, 2.24) is 20.3 Å². The van der Waals surface area contributed by atoms with Gasteiger partial charge in [0.1, 0.15) is 0 Å². The van der Waals surface area contributed by atoms with Crippen molar-refractivity contribution in [1.29, 1.82) is 0 Å². The summed E-state index contributed by atoms with van der Waals surface area (Å²) in [6, 6.07) is 0.524. The van der Waals surface area contributed by atoms with Crippen LogP contribution in [-0.4, -0.2) is 40.8 Å². The molecule has 1 aliphatic rings. The first kappa shape index (κ1) is 10.6. The van der Waals surface area contributed by atoms with Gasteiger partial charge in [0.25, 0.3) is 0 Å². The number of aromatic nitrogens is 3. The van der Waals surface area contributed by atoms with Gasteiger partial charge in [-0.3, -0.25) is 4.68 Å². The average molecular weight is 210 g/mol. The summed E-state index contributed by atoms with van der Waals surface area (Å²) in [5.41, 5.74) is 0. The number of nitrogens with zero attached hydrogens (tertiary/aromatic N) is 3. The Bertz CT molecular complexity index is 269. The zero-order valence-electron chi connectivity index (χ0n) is 9.09. The Kier molecular flexibility index (Phi) is 3.69. The van der Waals surface area contributed by atoms with Crippen molar-refractivity contribution >= 4 is 0 Å². The molecule has 1 aromatic rings. The van der Waals surface area contributed by atoms with Gasteiger partial charge in [-0.15, -0.1) is 5.10 Å². The molecule has 1 aromatic heterocycles. The van der Waals surface area contributed by atoms with Gasteiger partial charge in [0.15, 0.2) is 0 Å². The number of rotatable bonds is 5. The van der Waals surface area contributed by atoms with E-state index in [9.17, 15) is 0 Å². The third-order valence-electron chi connectivity index (χ3n) is 2.95. The maximum Gasteiger partial charge on any atom is 0.0692 e. The lowest BCUT2D eigenvalue weighted by atomic mass is 10.0. The molecular weight excluding hydrogens is 192 g/mol. The number of nitrogens with one attached hydrogen (secondary N) is 1. The van der Waals surface area contributed by atoms with E-state index in [4.69, 9.17) is 4.74 Å². The molecule has 2 rings (SSSR count). The minimum Gasteiger partial charge on any atom is -0.381 e. The van der Waals surface area contributed by atoms with Crippen molar-refractivity contribution in [3.05, 3.63) is 12.4 Å². The van der Waals surface area contributed by atoms with Crippen LogP contribution in [0.15, 0.2) is 12.4 Å². The Morgan fingerprint density at radius 2 is 2.60 bits per heavy atom. The van der Waals surface area contributed by atoms with Crippen molar-refractivity contribution in [2.45, 2.75) is 25.9 Å². The van der Waals surface area contributed by atoms with Crippen LogP contribution in [0.5, 0.6) is 0 Å². The van der Waals surface area contributed by atoms with E-state index in [2.05, 4.69) is 22.6 Å². The molecule has 5 heteroatoms. The largest absolute Gasteiger partial charge is 0.381 e. The second kappa shape index (κ2) is 5.23. The molecule has 1 saturated heterocycles. The van der Waals surface area contributed by atoms with Crippen molar-refractivity contribution in [3.8, 4) is 0 Å². The van der Waals surface area contributed by atoms with E-state index >= 15 is 0 Å². The summed E-state index contributed by atoms with van der Waals surface area (Å²) in [6.45, 7) is 5.84. The van der Waals surface area contributed by atoms with Crippen molar-refractivity contribution < 1.29 is 4.74 Å². The van der Waals surface area contributed by atoms with Gasteiger partial charge in [-0.25, -0.2) is 0 Å². The van der Waals surface area contributed by atoms with Gasteiger partial charge in [0.2, 0.25) is 0 Å². The fourth-order valence-corrected chi connectivity index (χ4v) is 1.87. The Morgan fingerprint density at radius 1 is 1.67 bits per heavy atom. The molecule has 84 valence electrons. The minimum absolute atomic E-state index is 0.524. The van der Waals surface area contributed by atoms with Crippen molar-refractivity contribution in [2.75, 3.05) is 19.8 Å². The van der Waals surface area contributed by atoms with Crippen LogP contribution in [0.4, 0.5) is 0 Å². The van der Waals surface area contributed by atoms with Crippen LogP contribution < -0.4 is 5.32 Å². The van der Waals surface area contributed by atoms with Crippen LogP contribution in [0.1, 0.15) is 13.3 Å². The molecule has 0 saturated carbocycles. The molecule has 1 aliphatic heterocycles. The predicted molar refractivity (Wildman–Crippen MR) is 56.4 cm³/mol. The maximum absolute atomic E-state index is 5.36. The lowest BCUT2D eigenvalue weighted by molar-refractivity contribution is 0.178. The molecule has 0 spiro atoms. The first-order valence-corrected chi connectivity index (χ1v) is 5.51. The normalized spacial score (nSPS) is 23.1. The first-order valence-electron chi connectivity index (χ1n) is 5.51. The topological polar surface area (TPSA) is 52.0 Å². The van der Waals surface area contributed by atoms with Crippen LogP contribution >= 0.6 is 0 Å². The van der Waals surface area contributed by atoms with Gasteiger partial charge in [-0.1, -0.05) is 5.21 Å². The Morgan fingerprint density at radius 3 is 3.27 bits per heavy atom. The monoisotopic (exact) mass is 210 g/mol. The van der Waals surface area contributed by atoms with Gasteiger partial charge >= 0.3 is 0 Å². The number of hydrogen-bond acceptors (Lipinski definition) is 4. The average Bonchev–Trinajstić information content (AvgIpc) is 2.90. The minimum atomic E-state index is 0.524. The van der Waals surface area contributed by atoms with Gasteiger partial charge in [-0.2, -0.15) is 0 Å². The fourth-order valence-electron chi connectivity index (χ4n) is 1.87. The summed E-state index contributed by atoms with van der Waals surface area (Å²) >= 11 is 0. The molecule has 1 N–H and O–H groups in total. The first-order chi connectivity index (χ1) is 7.36. The molecule has 2 unspecified atom stereocenters. The second-order valence-corrected chi connectivity index (χ2v) is 4.03. The third-order valence-corrected chi connectivity index (χ3v) is 2.95. The maximum atomic E-state index is 5.36. The van der Waals surface area contributed by atoms with E-state index in [1.165, 1.54) is 6.42 Å². The van der Waals surface area contributed by atoms with E-state index in [1.54, 1.807) is 6.20 Å². The Balaban J connectivity index is 1.64. The molecule has 0 aliphatic carbocycles. The summed E-state index contributed by atoms with van der Waals surface area (Å²) in [5, 5.41) is 11.2. The van der Waals surface area contributed by atoms with Crippen molar-refractivity contribution in [2.24, 2.45) is 5.92 Å². The van der Waals surface area contributed by atoms with Crippen LogP contribution in [0.3, 0.4) is 0 Å². The summed E-state index contributed by atoms with van der Waals surface area (Å²) < 4.78 is 7.20. The molecule has 2 atom stereocenters. The molecule has 15 heavy (non-hydrogen) atoms. The lowest BCUT2D eigenvalue weighted by Crippen LogP contribution is -2.35. The molecule has 5 nitrogen and oxygen atoms in total. The molecular formula is C10H18N4O. The molecule has 0 bridgehead atoms. The molecule has 0 radical (unpaired) electrons. The lowest BCUT2D eigenvalue weighted by Gasteiger charge is -2.18. The van der Waals surface area contributed by atoms with E-state index < -0.39 is 0 Å². The van der Waals surface area contributed by atoms with Gasteiger partial charge in [0, 0.05) is 25.4 Å². The zero-order chi connectivity index (χ0) is 10.5. The molecule has 2 heterocycles. The highest BCUT2D eigenvalue weighted by Crippen LogP contribution is 2.15. The van der Waals surface area contributed by atoms with Gasteiger partial charge < -0.3 is 10.1 Å². The molecule has 1 fully saturated rings. The van der Waals surface area contributed by atoms with Crippen LogP contribution in [-0.2, 0) is 11.3 Å². The van der Waals surface area contributed by atoms with Crippen LogP contribution in [0.2, 0.25) is 0 Å². The summed E-state index contributed by atoms with van der Waals surface area (Å²) in [4.78, 5) is 0. The smallest absolute Gasteiger partial charge is 0.0692 e. The van der Waals surface area contributed by atoms with Gasteiger partial charge in [0.05, 0.1) is 19.3 Å². The van der Waals surface area contributed by atoms with E-state index in [1.807, 2.05) is 10.9 Å². The van der Waals surface area contributed by atoms with E-state index in [0.717, 1.165) is 26.3 Å². The van der Waals surface area contributed by atoms with Crippen LogP contribution in [0, 0.1) is 5.92 Å². The summed E-state index contributed by atoms with van der Waals surface area (Å²) in [7, 11) is 0. The second-order valence-electron chi connectivity index (χ2n) is 4.03. The SMILES string of the molecule is CC(NCCn1ccnn1)C1CCOC1. The highest BCUT2D eigenvalue weighted by Gasteiger charge is 2.21. The Hall–Kier alpha value is -0.940. The summed E-state index contributed by atoms with van der Waals surface area (Å²) in [5.74, 6) is 0.667. The number of ether oxygens (including phenoxy) is 1. The van der Waals surface area contributed by atoms with Gasteiger partial charge in [-0.05, 0) is 19.3 Å². The van der Waals surface area contributed by atoms with Crippen LogP contribution in [0.25, 0.3) is 0 Å². The molecule has 0 amide bonds. The number of hydrogen-bond donors (Lipinski definition) is 1. The predicted octanol–water partition coefficient (Wildman–Crippen LogP) is 0.293. The fraction of sp³-hybridized carbons (Fsp3) is 0.800. The highest BCUT2D eigenvalue weighted by molar-refractivity contribution is 4.75. The highest BCUT2D eigenvalue weighted by atomic mass is 16.5. The standard InChI is InChI=1S/C10H18N4O/c1-9(10-2-7-15-8-10)11-3-5-14-6-4-12-13-14/h4,6,9-11H,2-3,5,7-8H2,1H3. The third kappa shape index (κ3) is 3.00. The summed E-state index contributed by atoms with van der Waals surface area (Å²) in [6.07, 6.45) is 4.76. The molecule has 0 aromatic carbocycles. The van der Waals surface area contributed by atoms with E-state index in [-0.39, 0.29) is 0 Å². The zero-order valence-corrected chi connectivity index (χ0v) is 9.09. The van der Waals surface area contributed by atoms with Crippen molar-refractivity contribution in [3.63, 3.8) is 0 Å².